The van der Waals surface area contributed by atoms with Gasteiger partial charge in [-0.25, -0.2) is 0 Å². The molecule has 0 fully saturated rings. The molecule has 39 heavy (non-hydrogen) atoms. The molecule has 3 aromatic rings. The van der Waals surface area contributed by atoms with Crippen LogP contribution in [0.15, 0.2) is 36.4 Å². The molecule has 2 unspecified atom stereocenters. The number of hydrogen-bond acceptors (Lipinski definition) is 7. The van der Waals surface area contributed by atoms with E-state index in [0.29, 0.717) is 34.5 Å². The van der Waals surface area contributed by atoms with Crippen molar-refractivity contribution >= 4 is 35.6 Å². The minimum Gasteiger partial charge on any atom is -0.493 e. The van der Waals surface area contributed by atoms with E-state index >= 15 is 0 Å². The van der Waals surface area contributed by atoms with Gasteiger partial charge < -0.3 is 28.4 Å². The highest BCUT2D eigenvalue weighted by Crippen LogP contribution is 2.41. The largest absolute Gasteiger partial charge is 0.493 e. The van der Waals surface area contributed by atoms with Gasteiger partial charge in [0.05, 0.1) is 40.6 Å². The minimum atomic E-state index is 0.0602. The van der Waals surface area contributed by atoms with Crippen LogP contribution in [0.2, 0.25) is 0 Å². The summed E-state index contributed by atoms with van der Waals surface area (Å²) in [6, 6.07) is 12.0. The van der Waals surface area contributed by atoms with E-state index in [-0.39, 0.29) is 12.2 Å². The summed E-state index contributed by atoms with van der Waals surface area (Å²) >= 11 is 1.69. The molecule has 0 radical (unpaired) electrons. The van der Waals surface area contributed by atoms with Gasteiger partial charge in [-0.3, -0.25) is 0 Å². The van der Waals surface area contributed by atoms with E-state index in [1.165, 1.54) is 0 Å². The van der Waals surface area contributed by atoms with Crippen LogP contribution in [0.1, 0.15) is 61.4 Å². The fourth-order valence-electron chi connectivity index (χ4n) is 3.70. The molecule has 0 aliphatic heterocycles. The maximum Gasteiger partial charge on any atom is 0.203 e. The number of benzene rings is 2. The first-order valence-corrected chi connectivity index (χ1v) is 14.0. The SMILES string of the molecule is CCC(C)Oc1c(OC)cc(/C=C/c2ccc(/C=C/c3cc(OC)c(OC(C)CC)c(OC)c3)s2)cc1OC. The Balaban J connectivity index is 1.79. The van der Waals surface area contributed by atoms with Gasteiger partial charge in [-0.05, 0) is 86.4 Å². The van der Waals surface area contributed by atoms with E-state index in [1.807, 2.05) is 50.3 Å². The summed E-state index contributed by atoms with van der Waals surface area (Å²) in [5.41, 5.74) is 1.93. The van der Waals surface area contributed by atoms with Gasteiger partial charge in [0, 0.05) is 9.75 Å². The van der Waals surface area contributed by atoms with Gasteiger partial charge >= 0.3 is 0 Å². The normalized spacial score (nSPS) is 12.9. The third-order valence-electron chi connectivity index (χ3n) is 6.28. The van der Waals surface area contributed by atoms with E-state index in [1.54, 1.807) is 39.8 Å². The molecule has 2 aromatic carbocycles. The number of rotatable bonds is 14. The van der Waals surface area contributed by atoms with Gasteiger partial charge in [-0.2, -0.15) is 0 Å². The Kier molecular flexibility index (Phi) is 11.2. The lowest BCUT2D eigenvalue weighted by molar-refractivity contribution is 0.198. The molecule has 2 atom stereocenters. The van der Waals surface area contributed by atoms with Crippen LogP contribution in [0.4, 0.5) is 0 Å². The van der Waals surface area contributed by atoms with Crippen LogP contribution < -0.4 is 28.4 Å². The van der Waals surface area contributed by atoms with Gasteiger partial charge in [0.25, 0.3) is 0 Å². The summed E-state index contributed by atoms with van der Waals surface area (Å²) in [6.07, 6.45) is 10.2. The predicted molar refractivity (Wildman–Crippen MR) is 162 cm³/mol. The Bertz CT molecular complexity index is 1130. The zero-order valence-electron chi connectivity index (χ0n) is 24.2. The standard InChI is InChI=1S/C32H40O6S/c1-9-21(3)37-31-27(33-5)17-23(18-28(31)34-6)11-13-25-15-16-26(39-25)14-12-24-19-29(35-7)32(30(20-24)36-8)38-22(4)10-2/h11-22H,9-10H2,1-8H3/b13-11+,14-12+. The number of methoxy groups -OCH3 is 4. The van der Waals surface area contributed by atoms with Crippen molar-refractivity contribution in [1.82, 2.24) is 0 Å². The van der Waals surface area contributed by atoms with Crippen LogP contribution in [0.3, 0.4) is 0 Å². The zero-order valence-corrected chi connectivity index (χ0v) is 25.0. The maximum atomic E-state index is 6.05. The monoisotopic (exact) mass is 552 g/mol. The Morgan fingerprint density at radius 3 is 1.21 bits per heavy atom. The highest BCUT2D eigenvalue weighted by atomic mass is 32.1. The second-order valence-corrected chi connectivity index (χ2v) is 10.2. The van der Waals surface area contributed by atoms with Gasteiger partial charge in [0.2, 0.25) is 11.5 Å². The van der Waals surface area contributed by atoms with E-state index in [4.69, 9.17) is 28.4 Å². The molecule has 6 nitrogen and oxygen atoms in total. The smallest absolute Gasteiger partial charge is 0.203 e. The molecule has 0 aliphatic carbocycles. The van der Waals surface area contributed by atoms with Crippen molar-refractivity contribution in [2.24, 2.45) is 0 Å². The van der Waals surface area contributed by atoms with Gasteiger partial charge in [0.15, 0.2) is 23.0 Å². The molecule has 3 rings (SSSR count). The van der Waals surface area contributed by atoms with Crippen LogP contribution in [0.25, 0.3) is 24.3 Å². The molecule has 1 heterocycles. The Morgan fingerprint density at radius 1 is 0.590 bits per heavy atom. The molecule has 0 amide bonds. The summed E-state index contributed by atoms with van der Waals surface area (Å²) in [7, 11) is 6.56. The molecular formula is C32H40O6S. The summed E-state index contributed by atoms with van der Waals surface area (Å²) in [5.74, 6) is 3.85. The zero-order chi connectivity index (χ0) is 28.4. The van der Waals surface area contributed by atoms with Gasteiger partial charge in [-0.15, -0.1) is 11.3 Å². The fourth-order valence-corrected chi connectivity index (χ4v) is 4.51. The van der Waals surface area contributed by atoms with Crippen LogP contribution >= 0.6 is 11.3 Å². The topological polar surface area (TPSA) is 55.4 Å². The average molecular weight is 553 g/mol. The van der Waals surface area contributed by atoms with Crippen LogP contribution in [0, 0.1) is 0 Å². The molecule has 7 heteroatoms. The summed E-state index contributed by atoms with van der Waals surface area (Å²) in [6.45, 7) is 8.22. The van der Waals surface area contributed by atoms with Gasteiger partial charge in [-0.1, -0.05) is 26.0 Å². The quantitative estimate of drug-likeness (QED) is 0.200. The molecule has 0 spiro atoms. The predicted octanol–water partition coefficient (Wildman–Crippen LogP) is 8.48. The lowest BCUT2D eigenvalue weighted by atomic mass is 10.1. The molecule has 0 bridgehead atoms. The minimum absolute atomic E-state index is 0.0602. The van der Waals surface area contributed by atoms with E-state index in [2.05, 4.69) is 38.1 Å². The number of hydrogen-bond donors (Lipinski definition) is 0. The van der Waals surface area contributed by atoms with Crippen molar-refractivity contribution in [3.63, 3.8) is 0 Å². The maximum absolute atomic E-state index is 6.05. The van der Waals surface area contributed by atoms with Crippen LogP contribution in [-0.2, 0) is 0 Å². The molecule has 0 saturated carbocycles. The molecule has 0 N–H and O–H groups in total. The Labute approximate surface area is 236 Å². The van der Waals surface area contributed by atoms with Crippen molar-refractivity contribution in [2.75, 3.05) is 28.4 Å². The van der Waals surface area contributed by atoms with E-state index in [9.17, 15) is 0 Å². The second-order valence-electron chi connectivity index (χ2n) is 9.09. The lowest BCUT2D eigenvalue weighted by Gasteiger charge is -2.18. The molecular weight excluding hydrogens is 512 g/mol. The molecule has 0 aliphatic rings. The number of thiophene rings is 1. The van der Waals surface area contributed by atoms with Crippen molar-refractivity contribution in [1.29, 1.82) is 0 Å². The van der Waals surface area contributed by atoms with Crippen molar-refractivity contribution in [3.8, 4) is 34.5 Å². The third kappa shape index (κ3) is 7.96. The molecule has 210 valence electrons. The van der Waals surface area contributed by atoms with Crippen molar-refractivity contribution in [3.05, 3.63) is 57.3 Å². The van der Waals surface area contributed by atoms with E-state index < -0.39 is 0 Å². The Hall–Kier alpha value is -3.58. The average Bonchev–Trinajstić information content (AvgIpc) is 3.42. The second kappa shape index (κ2) is 14.5. The third-order valence-corrected chi connectivity index (χ3v) is 7.30. The van der Waals surface area contributed by atoms with Crippen LogP contribution in [0.5, 0.6) is 34.5 Å². The molecule has 0 saturated heterocycles. The highest BCUT2D eigenvalue weighted by Gasteiger charge is 2.17. The first-order chi connectivity index (χ1) is 18.8. The summed E-state index contributed by atoms with van der Waals surface area (Å²) in [4.78, 5) is 2.25. The van der Waals surface area contributed by atoms with E-state index in [0.717, 1.165) is 33.7 Å². The van der Waals surface area contributed by atoms with Crippen molar-refractivity contribution in [2.45, 2.75) is 52.7 Å². The Morgan fingerprint density at radius 2 is 0.923 bits per heavy atom. The van der Waals surface area contributed by atoms with Crippen LogP contribution in [-0.4, -0.2) is 40.6 Å². The van der Waals surface area contributed by atoms with Crippen molar-refractivity contribution < 1.29 is 28.4 Å². The highest BCUT2D eigenvalue weighted by molar-refractivity contribution is 7.13. The summed E-state index contributed by atoms with van der Waals surface area (Å²) in [5, 5.41) is 0. The first-order valence-electron chi connectivity index (χ1n) is 13.2. The first kappa shape index (κ1) is 30.0. The number of ether oxygens (including phenoxy) is 6. The molecule has 1 aromatic heterocycles. The lowest BCUT2D eigenvalue weighted by Crippen LogP contribution is -2.11. The summed E-state index contributed by atoms with van der Waals surface area (Å²) < 4.78 is 34.5. The fraction of sp³-hybridized carbons (Fsp3) is 0.375. The van der Waals surface area contributed by atoms with Gasteiger partial charge in [0.1, 0.15) is 0 Å².